The molecule has 0 aliphatic carbocycles. The van der Waals surface area contributed by atoms with Gasteiger partial charge in [0, 0.05) is 6.54 Å². The van der Waals surface area contributed by atoms with Crippen LogP contribution in [-0.4, -0.2) is 42.8 Å². The van der Waals surface area contributed by atoms with Gasteiger partial charge in [0.25, 0.3) is 0 Å². The van der Waals surface area contributed by atoms with Gasteiger partial charge in [-0.05, 0) is 6.42 Å². The molecule has 0 unspecified atom stereocenters. The molecule has 3 heterocycles. The van der Waals surface area contributed by atoms with Gasteiger partial charge in [-0.15, -0.1) is 6.42 Å². The second-order valence-corrected chi connectivity index (χ2v) is 6.33. The topological polar surface area (TPSA) is 46.6 Å². The lowest BCUT2D eigenvalue weighted by atomic mass is 9.94. The first-order chi connectivity index (χ1) is 7.08. The molecule has 2 bridgehead atoms. The van der Waals surface area contributed by atoms with Crippen LogP contribution in [0.3, 0.4) is 0 Å². The number of fused-ring (bicyclic) bond motifs is 1. The number of ether oxygens (including phenoxy) is 1. The van der Waals surface area contributed by atoms with Crippen molar-refractivity contribution in [3.05, 3.63) is 12.2 Å². The van der Waals surface area contributed by atoms with Gasteiger partial charge >= 0.3 is 0 Å². The Bertz CT molecular complexity index is 475. The van der Waals surface area contributed by atoms with E-state index in [1.165, 1.54) is 4.31 Å². The molecular weight excluding hydrogens is 214 g/mol. The zero-order chi connectivity index (χ0) is 10.7. The van der Waals surface area contributed by atoms with E-state index in [9.17, 15) is 8.42 Å². The number of sulfonamides is 1. The van der Waals surface area contributed by atoms with Crippen LogP contribution in [0.4, 0.5) is 0 Å². The molecule has 3 aliphatic rings. The van der Waals surface area contributed by atoms with E-state index in [1.54, 1.807) is 0 Å². The van der Waals surface area contributed by atoms with E-state index in [4.69, 9.17) is 11.2 Å². The molecule has 3 aliphatic heterocycles. The molecule has 80 valence electrons. The van der Waals surface area contributed by atoms with Crippen LogP contribution in [0.5, 0.6) is 0 Å². The molecule has 2 saturated heterocycles. The van der Waals surface area contributed by atoms with Gasteiger partial charge < -0.3 is 4.74 Å². The number of nitrogens with zero attached hydrogens (tertiary/aromatic N) is 1. The van der Waals surface area contributed by atoms with Crippen LogP contribution in [-0.2, 0) is 14.8 Å². The minimum atomic E-state index is -3.25. The van der Waals surface area contributed by atoms with Crippen molar-refractivity contribution in [3.8, 4) is 12.3 Å². The summed E-state index contributed by atoms with van der Waals surface area (Å²) in [5.74, 6) is 2.38. The molecule has 15 heavy (non-hydrogen) atoms. The molecule has 0 aromatic heterocycles. The van der Waals surface area contributed by atoms with Crippen LogP contribution >= 0.6 is 0 Å². The molecule has 0 amide bonds. The highest BCUT2D eigenvalue weighted by molar-refractivity contribution is 7.90. The van der Waals surface area contributed by atoms with Crippen molar-refractivity contribution in [2.75, 3.05) is 13.1 Å². The van der Waals surface area contributed by atoms with Gasteiger partial charge in [0.2, 0.25) is 10.0 Å². The minimum Gasteiger partial charge on any atom is -0.361 e. The van der Waals surface area contributed by atoms with Crippen molar-refractivity contribution in [1.82, 2.24) is 4.31 Å². The number of rotatable bonds is 1. The van der Waals surface area contributed by atoms with Crippen LogP contribution in [0.2, 0.25) is 0 Å². The van der Waals surface area contributed by atoms with Crippen LogP contribution in [0.25, 0.3) is 0 Å². The Morgan fingerprint density at radius 3 is 3.07 bits per heavy atom. The van der Waals surface area contributed by atoms with Crippen LogP contribution in [0.15, 0.2) is 12.2 Å². The van der Waals surface area contributed by atoms with E-state index in [1.807, 2.05) is 12.2 Å². The average Bonchev–Trinajstić information content (AvgIpc) is 2.78. The van der Waals surface area contributed by atoms with Gasteiger partial charge in [0.05, 0.1) is 12.6 Å². The summed E-state index contributed by atoms with van der Waals surface area (Å²) in [4.78, 5) is 0. The van der Waals surface area contributed by atoms with Crippen LogP contribution < -0.4 is 0 Å². The number of hydrogen-bond acceptors (Lipinski definition) is 3. The van der Waals surface area contributed by atoms with E-state index >= 15 is 0 Å². The molecule has 2 fully saturated rings. The summed E-state index contributed by atoms with van der Waals surface area (Å²) in [6.07, 6.45) is 9.55. The molecule has 4 nitrogen and oxygen atoms in total. The first-order valence-corrected chi connectivity index (χ1v) is 6.38. The fourth-order valence-corrected chi connectivity index (χ4v) is 4.85. The largest absolute Gasteiger partial charge is 0.361 e. The van der Waals surface area contributed by atoms with Gasteiger partial charge in [-0.25, -0.2) is 8.42 Å². The Balaban J connectivity index is 2.04. The SMILES string of the molecule is C#CCN1C[C@]23C=C[C@H](C[C@H]2S1(=O)=O)O3. The van der Waals surface area contributed by atoms with Gasteiger partial charge in [-0.2, -0.15) is 4.31 Å². The lowest BCUT2D eigenvalue weighted by Gasteiger charge is -2.18. The fourth-order valence-electron chi connectivity index (χ4n) is 2.71. The standard InChI is InChI=1S/C10H11NO3S/c1-2-5-11-7-10-4-3-8(14-10)6-9(10)15(11,12)13/h1,3-4,8-9H,5-7H2/t8-,9-,10-/m1/s1. The van der Waals surface area contributed by atoms with Crippen molar-refractivity contribution in [2.45, 2.75) is 23.4 Å². The van der Waals surface area contributed by atoms with Crippen molar-refractivity contribution in [1.29, 1.82) is 0 Å². The van der Waals surface area contributed by atoms with E-state index in [-0.39, 0.29) is 12.6 Å². The predicted octanol–water partition coefficient (Wildman–Crippen LogP) is -0.269. The first-order valence-electron chi connectivity index (χ1n) is 4.88. The lowest BCUT2D eigenvalue weighted by Crippen LogP contribution is -2.36. The third-order valence-electron chi connectivity index (χ3n) is 3.37. The Morgan fingerprint density at radius 2 is 2.47 bits per heavy atom. The lowest BCUT2D eigenvalue weighted by molar-refractivity contribution is 0.0317. The summed E-state index contributed by atoms with van der Waals surface area (Å²) in [5, 5.41) is -0.423. The van der Waals surface area contributed by atoms with Crippen LogP contribution in [0, 0.1) is 12.3 Å². The molecule has 3 atom stereocenters. The molecule has 3 rings (SSSR count). The van der Waals surface area contributed by atoms with Gasteiger partial charge in [-0.3, -0.25) is 0 Å². The van der Waals surface area contributed by atoms with Gasteiger partial charge in [-0.1, -0.05) is 18.1 Å². The Labute approximate surface area is 89.0 Å². The molecule has 0 N–H and O–H groups in total. The molecular formula is C10H11NO3S. The zero-order valence-corrected chi connectivity index (χ0v) is 8.90. The monoisotopic (exact) mass is 225 g/mol. The molecule has 0 aromatic carbocycles. The molecule has 0 aromatic rings. The van der Waals surface area contributed by atoms with Gasteiger partial charge in [0.15, 0.2) is 0 Å². The van der Waals surface area contributed by atoms with Crippen molar-refractivity contribution >= 4 is 10.0 Å². The number of terminal acetylenes is 1. The second-order valence-electron chi connectivity index (χ2n) is 4.21. The van der Waals surface area contributed by atoms with Crippen molar-refractivity contribution in [3.63, 3.8) is 0 Å². The molecule has 0 radical (unpaired) electrons. The number of hydrogen-bond donors (Lipinski definition) is 0. The summed E-state index contributed by atoms with van der Waals surface area (Å²) in [6, 6.07) is 0. The Kier molecular flexibility index (Phi) is 1.66. The third-order valence-corrected chi connectivity index (χ3v) is 5.65. The summed E-state index contributed by atoms with van der Waals surface area (Å²) in [7, 11) is -3.25. The second kappa shape index (κ2) is 2.64. The average molecular weight is 225 g/mol. The molecule has 0 saturated carbocycles. The predicted molar refractivity (Wildman–Crippen MR) is 54.5 cm³/mol. The maximum Gasteiger partial charge on any atom is 0.221 e. The van der Waals surface area contributed by atoms with E-state index < -0.39 is 20.9 Å². The maximum absolute atomic E-state index is 12.1. The van der Waals surface area contributed by atoms with E-state index in [0.29, 0.717) is 13.0 Å². The third kappa shape index (κ3) is 1.02. The van der Waals surface area contributed by atoms with Crippen molar-refractivity contribution in [2.24, 2.45) is 0 Å². The highest BCUT2D eigenvalue weighted by Crippen LogP contribution is 2.47. The Morgan fingerprint density at radius 1 is 1.67 bits per heavy atom. The fraction of sp³-hybridized carbons (Fsp3) is 0.600. The minimum absolute atomic E-state index is 0.0160. The highest BCUT2D eigenvalue weighted by Gasteiger charge is 2.63. The van der Waals surface area contributed by atoms with E-state index in [2.05, 4.69) is 5.92 Å². The first kappa shape index (κ1) is 9.40. The molecule has 1 spiro atoms. The highest BCUT2D eigenvalue weighted by atomic mass is 32.2. The molecule has 5 heteroatoms. The van der Waals surface area contributed by atoms with Crippen molar-refractivity contribution < 1.29 is 13.2 Å². The quantitative estimate of drug-likeness (QED) is 0.456. The summed E-state index contributed by atoms with van der Waals surface area (Å²) in [6.45, 7) is 0.514. The van der Waals surface area contributed by atoms with E-state index in [0.717, 1.165) is 0 Å². The zero-order valence-electron chi connectivity index (χ0n) is 8.09. The smallest absolute Gasteiger partial charge is 0.221 e. The van der Waals surface area contributed by atoms with Crippen LogP contribution in [0.1, 0.15) is 6.42 Å². The maximum atomic E-state index is 12.1. The summed E-state index contributed by atoms with van der Waals surface area (Å²) < 4.78 is 31.2. The summed E-state index contributed by atoms with van der Waals surface area (Å²) >= 11 is 0. The Hall–Kier alpha value is -0.830. The van der Waals surface area contributed by atoms with Gasteiger partial charge in [0.1, 0.15) is 10.9 Å². The normalized spacial score (nSPS) is 45.5. The summed E-state index contributed by atoms with van der Waals surface area (Å²) in [5.41, 5.74) is -0.611.